The highest BCUT2D eigenvalue weighted by molar-refractivity contribution is 5.74. The number of piperidine rings is 1. The summed E-state index contributed by atoms with van der Waals surface area (Å²) >= 11 is 0. The molecule has 3 aromatic heterocycles. The van der Waals surface area contributed by atoms with Crippen LogP contribution in [0.25, 0.3) is 11.0 Å². The summed E-state index contributed by atoms with van der Waals surface area (Å²) in [5, 5.41) is 1.09. The minimum absolute atomic E-state index is 0.469. The van der Waals surface area contributed by atoms with Crippen molar-refractivity contribution in [2.45, 2.75) is 18.8 Å². The van der Waals surface area contributed by atoms with Crippen LogP contribution in [-0.2, 0) is 0 Å². The maximum atomic E-state index is 5.18. The van der Waals surface area contributed by atoms with Crippen molar-refractivity contribution in [3.63, 3.8) is 0 Å². The van der Waals surface area contributed by atoms with Gasteiger partial charge in [-0.2, -0.15) is 0 Å². The molecule has 1 saturated heterocycles. The van der Waals surface area contributed by atoms with E-state index in [0.717, 1.165) is 48.5 Å². The smallest absolute Gasteiger partial charge is 0.218 e. The Morgan fingerprint density at radius 2 is 1.96 bits per heavy atom. The molecule has 4 rings (SSSR count). The topological polar surface area (TPSA) is 64.0 Å². The highest BCUT2D eigenvalue weighted by Crippen LogP contribution is 2.30. The summed E-state index contributed by atoms with van der Waals surface area (Å²) in [5.74, 6) is 1.99. The van der Waals surface area contributed by atoms with E-state index in [9.17, 15) is 0 Å². The fourth-order valence-electron chi connectivity index (χ4n) is 3.21. The SMILES string of the molecule is COc1cc(N2CCC(c3ccc4cccnc4n3)CC2)ncn1. The van der Waals surface area contributed by atoms with Crippen molar-refractivity contribution >= 4 is 16.9 Å². The lowest BCUT2D eigenvalue weighted by molar-refractivity contribution is 0.396. The molecule has 0 atom stereocenters. The van der Waals surface area contributed by atoms with Crippen LogP contribution < -0.4 is 9.64 Å². The molecule has 0 spiro atoms. The van der Waals surface area contributed by atoms with Gasteiger partial charge in [0.1, 0.15) is 12.1 Å². The van der Waals surface area contributed by atoms with Gasteiger partial charge in [-0.05, 0) is 37.1 Å². The van der Waals surface area contributed by atoms with Crippen LogP contribution in [0.4, 0.5) is 5.82 Å². The molecule has 0 aliphatic carbocycles. The number of anilines is 1. The number of ether oxygens (including phenoxy) is 1. The standard InChI is InChI=1S/C18H19N5O/c1-24-17-11-16(20-12-21-17)23-9-6-13(7-10-23)15-5-4-14-3-2-8-19-18(14)22-15/h2-5,8,11-13H,6-7,9-10H2,1H3. The Bertz CT molecular complexity index is 845. The maximum absolute atomic E-state index is 5.18. The van der Waals surface area contributed by atoms with Crippen molar-refractivity contribution in [2.75, 3.05) is 25.1 Å². The van der Waals surface area contributed by atoms with Gasteiger partial charge in [-0.1, -0.05) is 0 Å². The average molecular weight is 321 g/mol. The number of aromatic nitrogens is 4. The molecule has 1 aliphatic rings. The largest absolute Gasteiger partial charge is 0.481 e. The van der Waals surface area contributed by atoms with Crippen LogP contribution in [0.5, 0.6) is 5.88 Å². The number of rotatable bonds is 3. The molecule has 0 amide bonds. The van der Waals surface area contributed by atoms with E-state index in [4.69, 9.17) is 9.72 Å². The van der Waals surface area contributed by atoms with Crippen molar-refractivity contribution in [1.29, 1.82) is 0 Å². The Kier molecular flexibility index (Phi) is 3.94. The van der Waals surface area contributed by atoms with Gasteiger partial charge >= 0.3 is 0 Å². The minimum Gasteiger partial charge on any atom is -0.481 e. The van der Waals surface area contributed by atoms with E-state index in [1.165, 1.54) is 0 Å². The summed E-state index contributed by atoms with van der Waals surface area (Å²) < 4.78 is 5.18. The second-order valence-electron chi connectivity index (χ2n) is 5.97. The summed E-state index contributed by atoms with van der Waals surface area (Å²) in [4.78, 5) is 19.8. The second kappa shape index (κ2) is 6.39. The quantitative estimate of drug-likeness (QED) is 0.739. The lowest BCUT2D eigenvalue weighted by atomic mass is 9.93. The van der Waals surface area contributed by atoms with E-state index in [2.05, 4.69) is 32.0 Å². The summed E-state index contributed by atoms with van der Waals surface area (Å²) in [6.45, 7) is 1.90. The molecule has 0 bridgehead atoms. The number of fused-ring (bicyclic) bond motifs is 1. The molecule has 0 saturated carbocycles. The Hall–Kier alpha value is -2.76. The van der Waals surface area contributed by atoms with Crippen molar-refractivity contribution in [3.05, 3.63) is 48.5 Å². The average Bonchev–Trinajstić information content (AvgIpc) is 2.68. The van der Waals surface area contributed by atoms with Gasteiger partial charge in [0.05, 0.1) is 7.11 Å². The summed E-state index contributed by atoms with van der Waals surface area (Å²) in [6.07, 6.45) is 5.45. The molecule has 0 aromatic carbocycles. The second-order valence-corrected chi connectivity index (χ2v) is 5.97. The van der Waals surface area contributed by atoms with Crippen molar-refractivity contribution in [1.82, 2.24) is 19.9 Å². The van der Waals surface area contributed by atoms with Crippen LogP contribution in [0, 0.1) is 0 Å². The third-order valence-corrected chi connectivity index (χ3v) is 4.56. The Morgan fingerprint density at radius 1 is 1.08 bits per heavy atom. The van der Waals surface area contributed by atoms with Crippen molar-refractivity contribution in [2.24, 2.45) is 0 Å². The van der Waals surface area contributed by atoms with Gasteiger partial charge in [0, 0.05) is 42.4 Å². The van der Waals surface area contributed by atoms with Crippen LogP contribution in [0.15, 0.2) is 42.9 Å². The van der Waals surface area contributed by atoms with Crippen molar-refractivity contribution < 1.29 is 4.74 Å². The van der Waals surface area contributed by atoms with E-state index >= 15 is 0 Å². The Balaban J connectivity index is 1.48. The van der Waals surface area contributed by atoms with Gasteiger partial charge in [0.15, 0.2) is 5.65 Å². The van der Waals surface area contributed by atoms with Crippen LogP contribution in [0.1, 0.15) is 24.5 Å². The van der Waals surface area contributed by atoms with Crippen LogP contribution in [0.2, 0.25) is 0 Å². The zero-order chi connectivity index (χ0) is 16.4. The minimum atomic E-state index is 0.469. The van der Waals surface area contributed by atoms with Gasteiger partial charge in [-0.15, -0.1) is 0 Å². The number of methoxy groups -OCH3 is 1. The Morgan fingerprint density at radius 3 is 2.79 bits per heavy atom. The molecule has 1 fully saturated rings. The van der Waals surface area contributed by atoms with E-state index in [0.29, 0.717) is 11.8 Å². The van der Waals surface area contributed by atoms with E-state index in [1.54, 1.807) is 19.6 Å². The third kappa shape index (κ3) is 2.87. The zero-order valence-corrected chi connectivity index (χ0v) is 13.6. The first kappa shape index (κ1) is 14.8. The third-order valence-electron chi connectivity index (χ3n) is 4.56. The molecule has 6 nitrogen and oxygen atoms in total. The summed E-state index contributed by atoms with van der Waals surface area (Å²) in [5.41, 5.74) is 1.97. The molecule has 0 unspecified atom stereocenters. The number of hydrogen-bond acceptors (Lipinski definition) is 6. The normalized spacial score (nSPS) is 15.6. The van der Waals surface area contributed by atoms with E-state index in [-0.39, 0.29) is 0 Å². The number of hydrogen-bond donors (Lipinski definition) is 0. The van der Waals surface area contributed by atoms with Gasteiger partial charge in [0.25, 0.3) is 0 Å². The molecule has 24 heavy (non-hydrogen) atoms. The fraction of sp³-hybridized carbons (Fsp3) is 0.333. The highest BCUT2D eigenvalue weighted by atomic mass is 16.5. The molecule has 0 radical (unpaired) electrons. The predicted molar refractivity (Wildman–Crippen MR) is 92.3 cm³/mol. The molecule has 122 valence electrons. The first-order chi connectivity index (χ1) is 11.8. The Labute approximate surface area is 140 Å². The summed E-state index contributed by atoms with van der Waals surface area (Å²) in [6, 6.07) is 10.1. The zero-order valence-electron chi connectivity index (χ0n) is 13.6. The molecular weight excluding hydrogens is 302 g/mol. The van der Waals surface area contributed by atoms with E-state index < -0.39 is 0 Å². The van der Waals surface area contributed by atoms with Crippen LogP contribution in [0.3, 0.4) is 0 Å². The van der Waals surface area contributed by atoms with E-state index in [1.807, 2.05) is 18.2 Å². The molecule has 4 heterocycles. The fourth-order valence-corrected chi connectivity index (χ4v) is 3.21. The highest BCUT2D eigenvalue weighted by Gasteiger charge is 2.23. The van der Waals surface area contributed by atoms with Gasteiger partial charge < -0.3 is 9.64 Å². The monoisotopic (exact) mass is 321 g/mol. The van der Waals surface area contributed by atoms with Gasteiger partial charge in [0.2, 0.25) is 5.88 Å². The lowest BCUT2D eigenvalue weighted by Crippen LogP contribution is -2.33. The molecule has 1 aliphatic heterocycles. The molecular formula is C18H19N5O. The molecule has 0 N–H and O–H groups in total. The first-order valence-electron chi connectivity index (χ1n) is 8.16. The predicted octanol–water partition coefficient (Wildman–Crippen LogP) is 2.81. The van der Waals surface area contributed by atoms with Gasteiger partial charge in [-0.3, -0.25) is 0 Å². The maximum Gasteiger partial charge on any atom is 0.218 e. The number of pyridine rings is 2. The van der Waals surface area contributed by atoms with Crippen LogP contribution >= 0.6 is 0 Å². The van der Waals surface area contributed by atoms with Crippen molar-refractivity contribution in [3.8, 4) is 5.88 Å². The lowest BCUT2D eigenvalue weighted by Gasteiger charge is -2.32. The first-order valence-corrected chi connectivity index (χ1v) is 8.16. The number of nitrogens with zero attached hydrogens (tertiary/aromatic N) is 5. The van der Waals surface area contributed by atoms with Crippen LogP contribution in [-0.4, -0.2) is 40.1 Å². The summed E-state index contributed by atoms with van der Waals surface area (Å²) in [7, 11) is 1.62. The van der Waals surface area contributed by atoms with Gasteiger partial charge in [-0.25, -0.2) is 19.9 Å². The molecule has 3 aromatic rings. The molecule has 6 heteroatoms.